The Bertz CT molecular complexity index is 1290. The number of rotatable bonds is 10. The number of ether oxygens (including phenoxy) is 1. The van der Waals surface area contributed by atoms with Gasteiger partial charge in [0.05, 0.1) is 16.4 Å². The van der Waals surface area contributed by atoms with Crippen LogP contribution < -0.4 is 5.32 Å². The molecule has 1 amide bonds. The molecule has 202 valence electrons. The quantitative estimate of drug-likeness (QED) is 0.248. The number of aromatic nitrogens is 2. The molecule has 0 bridgehead atoms. The molecule has 1 heterocycles. The second kappa shape index (κ2) is 13.2. The number of carbonyl (C=O) groups is 2. The first-order valence-corrected chi connectivity index (χ1v) is 15.2. The second-order valence-corrected chi connectivity index (χ2v) is 11.5. The van der Waals surface area contributed by atoms with Crippen LogP contribution in [-0.4, -0.2) is 45.8 Å². The summed E-state index contributed by atoms with van der Waals surface area (Å²) >= 11 is 20.5. The Morgan fingerprint density at radius 1 is 1.11 bits per heavy atom. The summed E-state index contributed by atoms with van der Waals surface area (Å²) in [6.45, 7) is 1.96. The van der Waals surface area contributed by atoms with E-state index in [1.54, 1.807) is 46.8 Å². The number of benzene rings is 2. The number of nitrogens with one attached hydrogen (secondary N) is 1. The lowest BCUT2D eigenvalue weighted by molar-refractivity contribution is -0.151. The average Bonchev–Trinajstić information content (AvgIpc) is 3.54. The number of carbonyl (C=O) groups excluding carboxylic acids is 2. The van der Waals surface area contributed by atoms with Crippen molar-refractivity contribution in [1.29, 1.82) is 0 Å². The lowest BCUT2D eigenvalue weighted by Crippen LogP contribution is -2.43. The highest BCUT2D eigenvalue weighted by Crippen LogP contribution is 2.34. The Kier molecular flexibility index (Phi) is 10.0. The maximum atomic E-state index is 13.7. The van der Waals surface area contributed by atoms with Gasteiger partial charge in [-0.05, 0) is 80.9 Å². The van der Waals surface area contributed by atoms with Crippen LogP contribution in [0.15, 0.2) is 42.5 Å². The third kappa shape index (κ3) is 6.68. The summed E-state index contributed by atoms with van der Waals surface area (Å²) in [4.78, 5) is 26.7. The van der Waals surface area contributed by atoms with Crippen molar-refractivity contribution < 1.29 is 14.3 Å². The van der Waals surface area contributed by atoms with Gasteiger partial charge >= 0.3 is 5.97 Å². The minimum absolute atomic E-state index is 0.0786. The van der Waals surface area contributed by atoms with Crippen LogP contribution in [-0.2, 0) is 16.0 Å². The predicted octanol–water partition coefficient (Wildman–Crippen LogP) is 7.40. The molecular formula is C28H30Cl3N3O3S. The van der Waals surface area contributed by atoms with E-state index in [4.69, 9.17) is 44.6 Å². The highest BCUT2D eigenvalue weighted by molar-refractivity contribution is 7.98. The number of hydrogen-bond donors (Lipinski definition) is 1. The number of amides is 1. The molecule has 1 aliphatic rings. The van der Waals surface area contributed by atoms with Crippen LogP contribution in [0.4, 0.5) is 0 Å². The number of hydrogen-bond acceptors (Lipinski definition) is 5. The molecule has 1 aliphatic carbocycles. The summed E-state index contributed by atoms with van der Waals surface area (Å²) in [6, 6.07) is 11.7. The van der Waals surface area contributed by atoms with Crippen LogP contribution >= 0.6 is 46.6 Å². The number of esters is 1. The van der Waals surface area contributed by atoms with Gasteiger partial charge in [0.2, 0.25) is 0 Å². The number of halogens is 3. The first-order chi connectivity index (χ1) is 18.3. The van der Waals surface area contributed by atoms with E-state index in [-0.39, 0.29) is 11.8 Å². The zero-order chi connectivity index (χ0) is 27.2. The monoisotopic (exact) mass is 593 g/mol. The first kappa shape index (κ1) is 28.8. The van der Waals surface area contributed by atoms with E-state index in [1.807, 2.05) is 25.3 Å². The van der Waals surface area contributed by atoms with E-state index in [2.05, 4.69) is 5.32 Å². The van der Waals surface area contributed by atoms with Crippen molar-refractivity contribution in [1.82, 2.24) is 15.1 Å². The fraction of sp³-hybridized carbons (Fsp3) is 0.393. The molecule has 3 aromatic rings. The molecule has 0 aliphatic heterocycles. The third-order valence-electron chi connectivity index (χ3n) is 6.59. The molecular weight excluding hydrogens is 565 g/mol. The van der Waals surface area contributed by atoms with Crippen LogP contribution in [0.5, 0.6) is 0 Å². The van der Waals surface area contributed by atoms with E-state index < -0.39 is 17.9 Å². The smallest absolute Gasteiger partial charge is 0.328 e. The molecule has 1 saturated carbocycles. The van der Waals surface area contributed by atoms with Gasteiger partial charge < -0.3 is 10.1 Å². The van der Waals surface area contributed by atoms with E-state index in [0.717, 1.165) is 36.8 Å². The van der Waals surface area contributed by atoms with Crippen molar-refractivity contribution >= 4 is 58.4 Å². The molecule has 0 unspecified atom stereocenters. The number of thioether (sulfide) groups is 1. The van der Waals surface area contributed by atoms with Crippen molar-refractivity contribution in [2.75, 3.05) is 12.0 Å². The van der Waals surface area contributed by atoms with Crippen molar-refractivity contribution in [3.8, 4) is 16.9 Å². The molecule has 1 aromatic heterocycles. The van der Waals surface area contributed by atoms with Gasteiger partial charge in [-0.25, -0.2) is 9.48 Å². The van der Waals surface area contributed by atoms with Gasteiger partial charge in [-0.3, -0.25) is 4.79 Å². The first-order valence-electron chi connectivity index (χ1n) is 12.7. The molecule has 1 fully saturated rings. The maximum Gasteiger partial charge on any atom is 0.328 e. The zero-order valence-electron chi connectivity index (χ0n) is 21.3. The van der Waals surface area contributed by atoms with Crippen LogP contribution in [0.25, 0.3) is 16.9 Å². The SMILES string of the molecule is CCc1c(C(=O)N[C@@H](CCSC)C(=O)OC2CCCC2)nn(-c2ccc(Cl)cc2Cl)c1-c1ccc(Cl)cc1. The maximum absolute atomic E-state index is 13.7. The van der Waals surface area contributed by atoms with Crippen LogP contribution in [0.3, 0.4) is 0 Å². The van der Waals surface area contributed by atoms with Crippen molar-refractivity contribution in [3.63, 3.8) is 0 Å². The summed E-state index contributed by atoms with van der Waals surface area (Å²) in [5.74, 6) is -0.123. The van der Waals surface area contributed by atoms with Gasteiger partial charge in [0.15, 0.2) is 5.69 Å². The second-order valence-electron chi connectivity index (χ2n) is 9.19. The molecule has 10 heteroatoms. The highest BCUT2D eigenvalue weighted by Gasteiger charge is 2.30. The zero-order valence-corrected chi connectivity index (χ0v) is 24.4. The van der Waals surface area contributed by atoms with E-state index >= 15 is 0 Å². The van der Waals surface area contributed by atoms with Crippen LogP contribution in [0.2, 0.25) is 15.1 Å². The fourth-order valence-electron chi connectivity index (χ4n) is 4.66. The molecule has 0 radical (unpaired) electrons. The Morgan fingerprint density at radius 2 is 1.79 bits per heavy atom. The minimum Gasteiger partial charge on any atom is -0.461 e. The molecule has 0 spiro atoms. The van der Waals surface area contributed by atoms with E-state index in [0.29, 0.717) is 45.0 Å². The topological polar surface area (TPSA) is 73.2 Å². The lowest BCUT2D eigenvalue weighted by Gasteiger charge is -2.20. The summed E-state index contributed by atoms with van der Waals surface area (Å²) in [7, 11) is 0. The van der Waals surface area contributed by atoms with Gasteiger partial charge in [0.1, 0.15) is 12.1 Å². The molecule has 1 atom stereocenters. The van der Waals surface area contributed by atoms with Gasteiger partial charge in [-0.15, -0.1) is 0 Å². The number of nitrogens with zero attached hydrogens (tertiary/aromatic N) is 2. The average molecular weight is 595 g/mol. The van der Waals surface area contributed by atoms with Crippen molar-refractivity contribution in [2.24, 2.45) is 0 Å². The Labute approximate surface area is 242 Å². The molecule has 0 saturated heterocycles. The predicted molar refractivity (Wildman–Crippen MR) is 156 cm³/mol. The van der Waals surface area contributed by atoms with Gasteiger partial charge in [0.25, 0.3) is 5.91 Å². The normalized spacial score (nSPS) is 14.4. The van der Waals surface area contributed by atoms with Crippen LogP contribution in [0, 0.1) is 0 Å². The molecule has 6 nitrogen and oxygen atoms in total. The Morgan fingerprint density at radius 3 is 2.42 bits per heavy atom. The summed E-state index contributed by atoms with van der Waals surface area (Å²) in [5.41, 5.74) is 3.07. The molecule has 2 aromatic carbocycles. The summed E-state index contributed by atoms with van der Waals surface area (Å²) < 4.78 is 7.39. The Hall–Kier alpha value is -2.19. The van der Waals surface area contributed by atoms with E-state index in [1.165, 1.54) is 0 Å². The molecule has 1 N–H and O–H groups in total. The standard InChI is InChI=1S/C28H30Cl3N3O3S/c1-3-21-25(27(35)32-23(14-15-38-2)28(36)37-20-6-4-5-7-20)33-34(24-13-12-19(30)16-22(24)31)26(21)17-8-10-18(29)11-9-17/h8-13,16,20,23H,3-7,14-15H2,1-2H3,(H,32,35)/t23-/m0/s1. The third-order valence-corrected chi connectivity index (χ3v) is 8.03. The summed E-state index contributed by atoms with van der Waals surface area (Å²) in [6.07, 6.45) is 6.71. The van der Waals surface area contributed by atoms with Crippen LogP contribution in [0.1, 0.15) is 55.1 Å². The summed E-state index contributed by atoms with van der Waals surface area (Å²) in [5, 5.41) is 9.12. The van der Waals surface area contributed by atoms with E-state index in [9.17, 15) is 9.59 Å². The molecule has 4 rings (SSSR count). The fourth-order valence-corrected chi connectivity index (χ4v) is 5.75. The van der Waals surface area contributed by atoms with Gasteiger partial charge in [-0.2, -0.15) is 16.9 Å². The van der Waals surface area contributed by atoms with Crippen molar-refractivity contribution in [2.45, 2.75) is 57.6 Å². The Balaban J connectivity index is 1.73. The lowest BCUT2D eigenvalue weighted by atomic mass is 10.0. The van der Waals surface area contributed by atoms with Gasteiger partial charge in [0, 0.05) is 21.2 Å². The van der Waals surface area contributed by atoms with Crippen molar-refractivity contribution in [3.05, 3.63) is 68.8 Å². The largest absolute Gasteiger partial charge is 0.461 e. The van der Waals surface area contributed by atoms with Gasteiger partial charge in [-0.1, -0.05) is 53.9 Å². The highest BCUT2D eigenvalue weighted by atomic mass is 35.5. The molecule has 38 heavy (non-hydrogen) atoms. The minimum atomic E-state index is -0.761.